The number of anilines is 1. The van der Waals surface area contributed by atoms with Gasteiger partial charge in [0.25, 0.3) is 5.91 Å². The molecule has 3 aromatic rings. The predicted octanol–water partition coefficient (Wildman–Crippen LogP) is 4.51. The molecule has 0 bridgehead atoms. The van der Waals surface area contributed by atoms with Crippen LogP contribution < -0.4 is 5.73 Å². The van der Waals surface area contributed by atoms with Gasteiger partial charge in [0.2, 0.25) is 5.88 Å². The number of para-hydroxylation sites is 1. The number of aromatic hydroxyl groups is 1. The van der Waals surface area contributed by atoms with E-state index in [-0.39, 0.29) is 5.88 Å². The van der Waals surface area contributed by atoms with Crippen LogP contribution in [-0.2, 0) is 6.54 Å². The number of carbonyl (C=O) groups is 1. The molecule has 2 aromatic carbocycles. The summed E-state index contributed by atoms with van der Waals surface area (Å²) in [6.07, 6.45) is 0. The zero-order valence-electron chi connectivity index (χ0n) is 14.2. The maximum Gasteiger partial charge on any atom is 0.295 e. The summed E-state index contributed by atoms with van der Waals surface area (Å²) in [5.74, 6) is -0.119. The minimum absolute atomic E-state index is 0.0174. The van der Waals surface area contributed by atoms with Crippen LogP contribution in [0.3, 0.4) is 0 Å². The van der Waals surface area contributed by atoms with Crippen LogP contribution in [-0.4, -0.2) is 15.6 Å². The normalized spacial score (nSPS) is 11.6. The summed E-state index contributed by atoms with van der Waals surface area (Å²) in [4.78, 5) is 12.2. The van der Waals surface area contributed by atoms with E-state index in [4.69, 9.17) is 5.73 Å². The lowest BCUT2D eigenvalue weighted by atomic mass is 10.2. The fraction of sp³-hybridized carbons (Fsp3) is 0.211. The van der Waals surface area contributed by atoms with Crippen molar-refractivity contribution < 1.29 is 9.90 Å². The second-order valence-electron chi connectivity index (χ2n) is 6.32. The van der Waals surface area contributed by atoms with Crippen LogP contribution >= 0.6 is 0 Å². The topological polar surface area (TPSA) is 93.0 Å². The van der Waals surface area contributed by atoms with Gasteiger partial charge in [0.05, 0.1) is 5.52 Å². The van der Waals surface area contributed by atoms with E-state index >= 15 is 0 Å². The Morgan fingerprint density at radius 3 is 2.52 bits per heavy atom. The van der Waals surface area contributed by atoms with Crippen LogP contribution in [0.5, 0.6) is 5.88 Å². The number of nitrogen functional groups attached to an aromatic ring is 1. The molecule has 6 nitrogen and oxygen atoms in total. The van der Waals surface area contributed by atoms with Crippen molar-refractivity contribution in [3.05, 3.63) is 54.1 Å². The van der Waals surface area contributed by atoms with Gasteiger partial charge in [-0.25, -0.2) is 0 Å². The Balaban J connectivity index is 1.99. The highest BCUT2D eigenvalue weighted by Gasteiger charge is 2.17. The molecule has 25 heavy (non-hydrogen) atoms. The van der Waals surface area contributed by atoms with Crippen LogP contribution in [0, 0.1) is 5.92 Å². The van der Waals surface area contributed by atoms with Gasteiger partial charge < -0.3 is 15.4 Å². The number of hydrogen-bond acceptors (Lipinski definition) is 4. The third kappa shape index (κ3) is 3.38. The standard InChI is InChI=1S/C19H20N4O2/c1-12(2)11-23-16-6-4-3-5-15(16)17(19(23)25)21-22-18(24)13-7-9-14(20)10-8-13/h3-10,12,25H,11,20H2,1-2H3. The van der Waals surface area contributed by atoms with Gasteiger partial charge in [0.15, 0.2) is 5.69 Å². The lowest BCUT2D eigenvalue weighted by molar-refractivity contribution is 0.0995. The molecule has 0 fully saturated rings. The number of benzene rings is 2. The highest BCUT2D eigenvalue weighted by molar-refractivity contribution is 5.97. The maximum atomic E-state index is 12.2. The Morgan fingerprint density at radius 2 is 1.84 bits per heavy atom. The average molecular weight is 336 g/mol. The Bertz CT molecular complexity index is 940. The average Bonchev–Trinajstić information content (AvgIpc) is 2.85. The fourth-order valence-corrected chi connectivity index (χ4v) is 2.70. The van der Waals surface area contributed by atoms with Crippen molar-refractivity contribution in [1.29, 1.82) is 0 Å². The Labute approximate surface area is 145 Å². The number of nitrogens with zero attached hydrogens (tertiary/aromatic N) is 3. The van der Waals surface area contributed by atoms with Crippen LogP contribution in [0.25, 0.3) is 10.9 Å². The van der Waals surface area contributed by atoms with E-state index < -0.39 is 5.91 Å². The molecule has 0 unspecified atom stereocenters. The summed E-state index contributed by atoms with van der Waals surface area (Å²) in [5, 5.41) is 19.1. The number of amides is 1. The van der Waals surface area contributed by atoms with E-state index in [1.165, 1.54) is 0 Å². The molecule has 0 saturated heterocycles. The van der Waals surface area contributed by atoms with Gasteiger partial charge in [-0.05, 0) is 36.2 Å². The number of aromatic nitrogens is 1. The van der Waals surface area contributed by atoms with Gasteiger partial charge in [0.1, 0.15) is 0 Å². The van der Waals surface area contributed by atoms with Crippen molar-refractivity contribution in [2.24, 2.45) is 16.1 Å². The van der Waals surface area contributed by atoms with Crippen LogP contribution in [0.2, 0.25) is 0 Å². The minimum atomic E-state index is -0.486. The molecule has 0 spiro atoms. The molecule has 0 aliphatic rings. The Hall–Kier alpha value is -3.15. The monoisotopic (exact) mass is 336 g/mol. The molecule has 3 rings (SSSR count). The molecule has 0 aliphatic carbocycles. The largest absolute Gasteiger partial charge is 0.493 e. The smallest absolute Gasteiger partial charge is 0.295 e. The van der Waals surface area contributed by atoms with E-state index in [0.29, 0.717) is 29.4 Å². The fourth-order valence-electron chi connectivity index (χ4n) is 2.70. The highest BCUT2D eigenvalue weighted by Crippen LogP contribution is 2.39. The Kier molecular flexibility index (Phi) is 4.52. The SMILES string of the molecule is CC(C)Cn1c(O)c(N=NC(=O)c2ccc(N)cc2)c2ccccc21. The third-order valence-electron chi connectivity index (χ3n) is 3.86. The highest BCUT2D eigenvalue weighted by atomic mass is 16.3. The lowest BCUT2D eigenvalue weighted by Crippen LogP contribution is -2.03. The summed E-state index contributed by atoms with van der Waals surface area (Å²) >= 11 is 0. The van der Waals surface area contributed by atoms with Crippen molar-refractivity contribution in [1.82, 2.24) is 4.57 Å². The first-order valence-corrected chi connectivity index (χ1v) is 8.09. The molecule has 0 radical (unpaired) electrons. The molecule has 1 amide bonds. The van der Waals surface area contributed by atoms with Crippen LogP contribution in [0.15, 0.2) is 58.8 Å². The molecular weight excluding hydrogens is 316 g/mol. The summed E-state index contributed by atoms with van der Waals surface area (Å²) in [6, 6.07) is 14.0. The molecular formula is C19H20N4O2. The minimum Gasteiger partial charge on any atom is -0.493 e. The zero-order valence-corrected chi connectivity index (χ0v) is 14.2. The predicted molar refractivity (Wildman–Crippen MR) is 98.1 cm³/mol. The number of rotatable bonds is 4. The van der Waals surface area contributed by atoms with Gasteiger partial charge in [-0.15, -0.1) is 10.2 Å². The number of fused-ring (bicyclic) bond motifs is 1. The summed E-state index contributed by atoms with van der Waals surface area (Å²) < 4.78 is 1.79. The number of carbonyl (C=O) groups excluding carboxylic acids is 1. The van der Waals surface area contributed by atoms with E-state index in [1.807, 2.05) is 24.3 Å². The van der Waals surface area contributed by atoms with E-state index in [0.717, 1.165) is 10.9 Å². The molecule has 3 N–H and O–H groups in total. The van der Waals surface area contributed by atoms with Gasteiger partial charge in [-0.2, -0.15) is 0 Å². The second-order valence-corrected chi connectivity index (χ2v) is 6.32. The quantitative estimate of drug-likeness (QED) is 0.542. The number of hydrogen-bond donors (Lipinski definition) is 2. The number of azo groups is 1. The van der Waals surface area contributed by atoms with Crippen molar-refractivity contribution in [3.63, 3.8) is 0 Å². The van der Waals surface area contributed by atoms with Crippen molar-refractivity contribution >= 4 is 28.2 Å². The first kappa shape index (κ1) is 16.7. The van der Waals surface area contributed by atoms with E-state index in [9.17, 15) is 9.90 Å². The van der Waals surface area contributed by atoms with Crippen LogP contribution in [0.1, 0.15) is 24.2 Å². The molecule has 1 heterocycles. The van der Waals surface area contributed by atoms with E-state index in [2.05, 4.69) is 24.1 Å². The first-order valence-electron chi connectivity index (χ1n) is 8.09. The lowest BCUT2D eigenvalue weighted by Gasteiger charge is -2.09. The van der Waals surface area contributed by atoms with Crippen molar-refractivity contribution in [3.8, 4) is 5.88 Å². The van der Waals surface area contributed by atoms with Crippen molar-refractivity contribution in [2.75, 3.05) is 5.73 Å². The first-order chi connectivity index (χ1) is 12.0. The zero-order chi connectivity index (χ0) is 18.0. The van der Waals surface area contributed by atoms with Gasteiger partial charge in [0, 0.05) is 23.2 Å². The number of nitrogens with two attached hydrogens (primary N) is 1. The van der Waals surface area contributed by atoms with Crippen LogP contribution in [0.4, 0.5) is 11.4 Å². The summed E-state index contributed by atoms with van der Waals surface area (Å²) in [7, 11) is 0. The molecule has 0 aliphatic heterocycles. The van der Waals surface area contributed by atoms with Gasteiger partial charge in [-0.1, -0.05) is 32.0 Å². The summed E-state index contributed by atoms with van der Waals surface area (Å²) in [5.41, 5.74) is 7.75. The molecule has 0 saturated carbocycles. The molecule has 128 valence electrons. The molecule has 6 heteroatoms. The molecule has 1 aromatic heterocycles. The van der Waals surface area contributed by atoms with E-state index in [1.54, 1.807) is 28.8 Å². The van der Waals surface area contributed by atoms with Gasteiger partial charge >= 0.3 is 0 Å². The second kappa shape index (κ2) is 6.76. The Morgan fingerprint density at radius 1 is 1.16 bits per heavy atom. The maximum absolute atomic E-state index is 12.2. The summed E-state index contributed by atoms with van der Waals surface area (Å²) in [6.45, 7) is 4.79. The molecule has 0 atom stereocenters. The van der Waals surface area contributed by atoms with Gasteiger partial charge in [-0.3, -0.25) is 4.79 Å². The van der Waals surface area contributed by atoms with Crippen molar-refractivity contribution in [2.45, 2.75) is 20.4 Å². The third-order valence-corrected chi connectivity index (χ3v) is 3.86.